The van der Waals surface area contributed by atoms with Crippen LogP contribution in [0, 0.1) is 11.3 Å². The van der Waals surface area contributed by atoms with Gasteiger partial charge in [0, 0.05) is 25.0 Å². The molecule has 1 saturated heterocycles. The van der Waals surface area contributed by atoms with Crippen molar-refractivity contribution in [2.75, 3.05) is 32.8 Å². The average Bonchev–Trinajstić information content (AvgIpc) is 2.97. The zero-order chi connectivity index (χ0) is 30.4. The van der Waals surface area contributed by atoms with Crippen LogP contribution in [0.25, 0.3) is 0 Å². The lowest BCUT2D eigenvalue weighted by molar-refractivity contribution is -0.152. The predicted molar refractivity (Wildman–Crippen MR) is 162 cm³/mol. The molecule has 1 fully saturated rings. The number of primary amides is 1. The Morgan fingerprint density at radius 3 is 2.40 bits per heavy atom. The standard InChI is InChI=1S/C33H47N3O6/c1-3-4-17-33(2,29(30(34)37)31(38)39)25-36(32(40)42-24-26-13-7-5-8-14-26)20-12-21-41-28-16-11-15-27(22-28)23-35-18-9-6-10-19-35/h5,7-8,11,13-16,22,29H,3-4,6,9-10,12,17-21,23-25H2,1-2H3,(H2,34,37)(H,38,39). The molecular weight excluding hydrogens is 534 g/mol. The van der Waals surface area contributed by atoms with Crippen molar-refractivity contribution in [3.05, 3.63) is 65.7 Å². The summed E-state index contributed by atoms with van der Waals surface area (Å²) in [7, 11) is 0. The van der Waals surface area contributed by atoms with Crippen LogP contribution >= 0.6 is 0 Å². The maximum Gasteiger partial charge on any atom is 0.410 e. The van der Waals surface area contributed by atoms with E-state index in [0.29, 0.717) is 25.9 Å². The number of benzene rings is 2. The van der Waals surface area contributed by atoms with E-state index in [4.69, 9.17) is 15.2 Å². The highest BCUT2D eigenvalue weighted by Gasteiger charge is 2.44. The summed E-state index contributed by atoms with van der Waals surface area (Å²) in [6.45, 7) is 7.59. The molecule has 0 spiro atoms. The molecule has 9 heteroatoms. The highest BCUT2D eigenvalue weighted by molar-refractivity contribution is 5.97. The van der Waals surface area contributed by atoms with Gasteiger partial charge >= 0.3 is 12.1 Å². The Labute approximate surface area is 250 Å². The summed E-state index contributed by atoms with van der Waals surface area (Å²) in [5.74, 6) is -2.86. The summed E-state index contributed by atoms with van der Waals surface area (Å²) in [6, 6.07) is 17.4. The van der Waals surface area contributed by atoms with Crippen molar-refractivity contribution in [3.8, 4) is 5.75 Å². The van der Waals surface area contributed by atoms with E-state index in [2.05, 4.69) is 17.0 Å². The number of nitrogens with two attached hydrogens (primary N) is 1. The lowest BCUT2D eigenvalue weighted by Gasteiger charge is -2.38. The summed E-state index contributed by atoms with van der Waals surface area (Å²) in [4.78, 5) is 41.7. The number of nitrogens with zero attached hydrogens (tertiary/aromatic N) is 2. The second-order valence-electron chi connectivity index (χ2n) is 11.6. The SMILES string of the molecule is CCCCC(C)(CN(CCCOc1cccc(CN2CCCCC2)c1)C(=O)OCc1ccccc1)C(C(N)=O)C(=O)O. The summed E-state index contributed by atoms with van der Waals surface area (Å²) in [6.07, 6.45) is 5.63. The molecule has 2 aromatic carbocycles. The van der Waals surface area contributed by atoms with E-state index in [1.54, 1.807) is 6.92 Å². The number of hydrogen-bond donors (Lipinski definition) is 2. The third-order valence-electron chi connectivity index (χ3n) is 7.94. The van der Waals surface area contributed by atoms with E-state index in [1.165, 1.54) is 29.7 Å². The van der Waals surface area contributed by atoms with Crippen LogP contribution in [0.2, 0.25) is 0 Å². The number of carbonyl (C=O) groups is 3. The molecule has 0 aliphatic carbocycles. The highest BCUT2D eigenvalue weighted by Crippen LogP contribution is 2.35. The van der Waals surface area contributed by atoms with Gasteiger partial charge in [-0.05, 0) is 62.0 Å². The van der Waals surface area contributed by atoms with Gasteiger partial charge in [-0.15, -0.1) is 0 Å². The fraction of sp³-hybridized carbons (Fsp3) is 0.545. The molecule has 0 aromatic heterocycles. The van der Waals surface area contributed by atoms with Crippen LogP contribution in [0.5, 0.6) is 5.75 Å². The Balaban J connectivity index is 1.67. The molecule has 1 heterocycles. The Bertz CT molecular complexity index is 1120. The monoisotopic (exact) mass is 581 g/mol. The number of carboxylic acids is 1. The number of aliphatic carboxylic acids is 1. The van der Waals surface area contributed by atoms with Crippen LogP contribution in [-0.2, 0) is 27.5 Å². The molecule has 1 aliphatic heterocycles. The van der Waals surface area contributed by atoms with Crippen LogP contribution in [0.3, 0.4) is 0 Å². The van der Waals surface area contributed by atoms with Gasteiger partial charge in [-0.3, -0.25) is 14.5 Å². The van der Waals surface area contributed by atoms with Crippen LogP contribution in [0.15, 0.2) is 54.6 Å². The molecule has 230 valence electrons. The van der Waals surface area contributed by atoms with Gasteiger partial charge in [0.15, 0.2) is 0 Å². The first kappa shape index (κ1) is 32.9. The minimum absolute atomic E-state index is 0.0197. The summed E-state index contributed by atoms with van der Waals surface area (Å²) < 4.78 is 11.7. The summed E-state index contributed by atoms with van der Waals surface area (Å²) in [5, 5.41) is 9.89. The highest BCUT2D eigenvalue weighted by atomic mass is 16.6. The number of likely N-dealkylation sites (tertiary alicyclic amines) is 1. The topological polar surface area (TPSA) is 122 Å². The molecule has 1 aliphatic rings. The van der Waals surface area contributed by atoms with Gasteiger partial charge in [0.1, 0.15) is 18.3 Å². The first-order chi connectivity index (χ1) is 20.2. The Morgan fingerprint density at radius 2 is 1.74 bits per heavy atom. The fourth-order valence-electron chi connectivity index (χ4n) is 5.69. The first-order valence-electron chi connectivity index (χ1n) is 15.1. The molecule has 2 amide bonds. The Morgan fingerprint density at radius 1 is 1.02 bits per heavy atom. The number of amides is 2. The number of rotatable bonds is 17. The maximum absolute atomic E-state index is 13.3. The summed E-state index contributed by atoms with van der Waals surface area (Å²) in [5.41, 5.74) is 6.54. The van der Waals surface area contributed by atoms with Crippen LogP contribution in [0.4, 0.5) is 4.79 Å². The number of ether oxygens (including phenoxy) is 2. The molecule has 2 atom stereocenters. The van der Waals surface area contributed by atoms with E-state index in [1.807, 2.05) is 49.4 Å². The number of unbranched alkanes of at least 4 members (excludes halogenated alkanes) is 1. The van der Waals surface area contributed by atoms with E-state index in [9.17, 15) is 19.5 Å². The van der Waals surface area contributed by atoms with Crippen molar-refractivity contribution >= 4 is 18.0 Å². The van der Waals surface area contributed by atoms with E-state index in [0.717, 1.165) is 37.4 Å². The maximum atomic E-state index is 13.3. The number of carbonyl (C=O) groups excluding carboxylic acids is 2. The van der Waals surface area contributed by atoms with Gasteiger partial charge in [0.05, 0.1) is 6.61 Å². The van der Waals surface area contributed by atoms with Crippen LogP contribution in [0.1, 0.15) is 69.9 Å². The second-order valence-corrected chi connectivity index (χ2v) is 11.6. The zero-order valence-electron chi connectivity index (χ0n) is 25.1. The number of carboxylic acid groups (broad SMARTS) is 1. The quantitative estimate of drug-likeness (QED) is 0.188. The third kappa shape index (κ3) is 10.4. The van der Waals surface area contributed by atoms with Crippen molar-refractivity contribution in [2.45, 2.75) is 71.9 Å². The van der Waals surface area contributed by atoms with Crippen molar-refractivity contribution in [1.29, 1.82) is 0 Å². The number of piperidine rings is 1. The smallest absolute Gasteiger partial charge is 0.410 e. The number of hydrogen-bond acceptors (Lipinski definition) is 6. The van der Waals surface area contributed by atoms with Gasteiger partial charge in [0.25, 0.3) is 0 Å². The predicted octanol–water partition coefficient (Wildman–Crippen LogP) is 5.46. The van der Waals surface area contributed by atoms with Crippen molar-refractivity contribution in [1.82, 2.24) is 9.80 Å². The molecule has 3 rings (SSSR count). The average molecular weight is 582 g/mol. The molecular formula is C33H47N3O6. The lowest BCUT2D eigenvalue weighted by atomic mass is 9.72. The van der Waals surface area contributed by atoms with Crippen LogP contribution < -0.4 is 10.5 Å². The first-order valence-corrected chi connectivity index (χ1v) is 15.1. The normalized spacial score (nSPS) is 15.8. The molecule has 42 heavy (non-hydrogen) atoms. The van der Waals surface area contributed by atoms with Crippen molar-refractivity contribution in [3.63, 3.8) is 0 Å². The van der Waals surface area contributed by atoms with Gasteiger partial charge in [0.2, 0.25) is 5.91 Å². The molecule has 0 saturated carbocycles. The summed E-state index contributed by atoms with van der Waals surface area (Å²) >= 11 is 0. The van der Waals surface area contributed by atoms with Crippen LogP contribution in [-0.4, -0.2) is 65.7 Å². The molecule has 0 bridgehead atoms. The van der Waals surface area contributed by atoms with Gasteiger partial charge in [-0.25, -0.2) is 4.79 Å². The van der Waals surface area contributed by atoms with Gasteiger partial charge in [-0.1, -0.05) is 75.6 Å². The van der Waals surface area contributed by atoms with Gasteiger partial charge < -0.3 is 25.2 Å². The largest absolute Gasteiger partial charge is 0.494 e. The van der Waals surface area contributed by atoms with E-state index < -0.39 is 29.3 Å². The second kappa shape index (κ2) is 16.8. The minimum Gasteiger partial charge on any atom is -0.494 e. The lowest BCUT2D eigenvalue weighted by Crippen LogP contribution is -2.50. The molecule has 2 unspecified atom stereocenters. The van der Waals surface area contributed by atoms with E-state index in [-0.39, 0.29) is 19.7 Å². The fourth-order valence-corrected chi connectivity index (χ4v) is 5.69. The molecule has 0 radical (unpaired) electrons. The Hall–Kier alpha value is -3.59. The minimum atomic E-state index is -1.44. The molecule has 2 aromatic rings. The third-order valence-corrected chi connectivity index (χ3v) is 7.94. The van der Waals surface area contributed by atoms with E-state index >= 15 is 0 Å². The molecule has 3 N–H and O–H groups in total. The zero-order valence-corrected chi connectivity index (χ0v) is 25.1. The van der Waals surface area contributed by atoms with Gasteiger partial charge in [-0.2, -0.15) is 0 Å². The van der Waals surface area contributed by atoms with Crippen molar-refractivity contribution in [2.24, 2.45) is 17.1 Å². The molecule has 9 nitrogen and oxygen atoms in total. The Kier molecular flexibility index (Phi) is 13.1. The van der Waals surface area contributed by atoms with Crippen molar-refractivity contribution < 1.29 is 29.0 Å².